The second-order valence-corrected chi connectivity index (χ2v) is 11.4. The van der Waals surface area contributed by atoms with Gasteiger partial charge in [0.15, 0.2) is 0 Å². The number of hydrogen-bond donors (Lipinski definition) is 2. The number of hydrogen-bond acceptors (Lipinski definition) is 5. The first kappa shape index (κ1) is 23.7. The summed E-state index contributed by atoms with van der Waals surface area (Å²) in [5.41, 5.74) is 2.68. The highest BCUT2D eigenvalue weighted by atomic mass is 35.5. The maximum absolute atomic E-state index is 12.4. The molecular weight excluding hydrogens is 507 g/mol. The molecule has 0 bridgehead atoms. The van der Waals surface area contributed by atoms with Crippen LogP contribution in [0.15, 0.2) is 58.3 Å². The summed E-state index contributed by atoms with van der Waals surface area (Å²) in [6, 6.07) is 12.6. The van der Waals surface area contributed by atoms with E-state index in [-0.39, 0.29) is 11.0 Å². The first-order valence-corrected chi connectivity index (χ1v) is 13.3. The Morgan fingerprint density at radius 2 is 1.45 bits per heavy atom. The van der Waals surface area contributed by atoms with Crippen molar-refractivity contribution >= 4 is 54.3 Å². The van der Waals surface area contributed by atoms with Crippen LogP contribution in [-0.4, -0.2) is 26.4 Å². The zero-order valence-electron chi connectivity index (χ0n) is 17.4. The van der Waals surface area contributed by atoms with Crippen molar-refractivity contribution in [3.05, 3.63) is 69.7 Å². The Hall–Kier alpha value is -2.47. The number of sulfonamides is 2. The fourth-order valence-electron chi connectivity index (χ4n) is 3.62. The third-order valence-corrected chi connectivity index (χ3v) is 7.96. The fourth-order valence-corrected chi connectivity index (χ4v) is 5.30. The molecule has 4 rings (SSSR count). The minimum atomic E-state index is -4.36. The average Bonchev–Trinajstić information content (AvgIpc) is 3.09. The van der Waals surface area contributed by atoms with Crippen LogP contribution in [0.1, 0.15) is 11.1 Å². The van der Waals surface area contributed by atoms with Gasteiger partial charge in [0.2, 0.25) is 20.0 Å². The number of primary sulfonamides is 2. The van der Waals surface area contributed by atoms with Gasteiger partial charge in [-0.05, 0) is 55.3 Å². The lowest BCUT2D eigenvalue weighted by atomic mass is 10.1. The van der Waals surface area contributed by atoms with Gasteiger partial charge in [0.25, 0.3) is 0 Å². The summed E-state index contributed by atoms with van der Waals surface area (Å²) in [6.07, 6.45) is 0. The first-order chi connectivity index (χ1) is 15.3. The van der Waals surface area contributed by atoms with Gasteiger partial charge >= 0.3 is 0 Å². The van der Waals surface area contributed by atoms with Crippen molar-refractivity contribution in [2.75, 3.05) is 0 Å². The summed E-state index contributed by atoms with van der Waals surface area (Å²) in [5, 5.41) is 11.7. The van der Waals surface area contributed by atoms with Crippen LogP contribution in [0.3, 0.4) is 0 Å². The van der Waals surface area contributed by atoms with E-state index in [1.54, 1.807) is 54.8 Å². The van der Waals surface area contributed by atoms with Gasteiger partial charge in [-0.3, -0.25) is 4.57 Å². The molecule has 4 aromatic rings. The maximum atomic E-state index is 12.4. The molecule has 3 aromatic carbocycles. The highest BCUT2D eigenvalue weighted by Crippen LogP contribution is 2.37. The predicted molar refractivity (Wildman–Crippen MR) is 129 cm³/mol. The molecule has 8 nitrogen and oxygen atoms in total. The summed E-state index contributed by atoms with van der Waals surface area (Å²) in [6.45, 7) is 3.57. The lowest BCUT2D eigenvalue weighted by Crippen LogP contribution is -2.16. The molecule has 4 N–H and O–H groups in total. The molecule has 1 aromatic heterocycles. The molecule has 0 saturated heterocycles. The number of benzene rings is 3. The van der Waals surface area contributed by atoms with Gasteiger partial charge in [-0.1, -0.05) is 41.4 Å². The van der Waals surface area contributed by atoms with Crippen molar-refractivity contribution in [1.29, 1.82) is 0 Å². The third-order valence-electron chi connectivity index (χ3n) is 5.32. The Bertz CT molecular complexity index is 1660. The second kappa shape index (κ2) is 8.08. The van der Waals surface area contributed by atoms with E-state index in [9.17, 15) is 16.8 Å². The zero-order valence-corrected chi connectivity index (χ0v) is 20.5. The van der Waals surface area contributed by atoms with Crippen molar-refractivity contribution in [3.63, 3.8) is 0 Å². The predicted octanol–water partition coefficient (Wildman–Crippen LogP) is 3.91. The van der Waals surface area contributed by atoms with Crippen LogP contribution >= 0.6 is 23.2 Å². The average molecular weight is 525 g/mol. The molecule has 0 amide bonds. The first-order valence-electron chi connectivity index (χ1n) is 9.44. The normalized spacial score (nSPS) is 12.4. The van der Waals surface area contributed by atoms with Crippen molar-refractivity contribution in [2.24, 2.45) is 10.3 Å². The van der Waals surface area contributed by atoms with Crippen LogP contribution in [0.25, 0.3) is 28.1 Å². The third kappa shape index (κ3) is 4.14. The van der Waals surface area contributed by atoms with Gasteiger partial charge < -0.3 is 0 Å². The number of halogens is 2. The van der Waals surface area contributed by atoms with Crippen LogP contribution in [0.2, 0.25) is 10.0 Å². The molecule has 0 spiro atoms. The van der Waals surface area contributed by atoms with E-state index in [1.807, 2.05) is 0 Å². The number of imidazole rings is 1. The molecule has 0 unspecified atom stereocenters. The smallest absolute Gasteiger partial charge is 0.240 e. The molecule has 12 heteroatoms. The fraction of sp³-hybridized carbons (Fsp3) is 0.0952. The standard InChI is InChI=1S/C21H18Cl2N4O4S2/c1-11-14(5-3-6-15(11)22)21-26-20-18(27(21)17-8-4-7-16(23)12(17)2)9-13(32(24,28)29)10-19(20)33(25,30)31/h3-10H,1-2H3,(H2,24,28,29)(H2,25,30,31). The van der Waals surface area contributed by atoms with Crippen molar-refractivity contribution in [1.82, 2.24) is 9.55 Å². The molecule has 33 heavy (non-hydrogen) atoms. The van der Waals surface area contributed by atoms with Crippen molar-refractivity contribution in [2.45, 2.75) is 23.6 Å². The number of fused-ring (bicyclic) bond motifs is 1. The molecule has 0 fully saturated rings. The van der Waals surface area contributed by atoms with E-state index in [0.29, 0.717) is 38.2 Å². The monoisotopic (exact) mass is 524 g/mol. The maximum Gasteiger partial charge on any atom is 0.240 e. The molecule has 0 aliphatic rings. The van der Waals surface area contributed by atoms with E-state index < -0.39 is 29.8 Å². The number of rotatable bonds is 4. The van der Waals surface area contributed by atoms with Gasteiger partial charge in [0, 0.05) is 15.6 Å². The minimum Gasteiger partial charge on any atom is -0.292 e. The van der Waals surface area contributed by atoms with Crippen molar-refractivity contribution in [3.8, 4) is 17.1 Å². The second-order valence-electron chi connectivity index (χ2n) is 7.45. The summed E-state index contributed by atoms with van der Waals surface area (Å²) >= 11 is 12.7. The van der Waals surface area contributed by atoms with Gasteiger partial charge in [-0.25, -0.2) is 32.1 Å². The molecule has 0 aliphatic carbocycles. The molecule has 0 saturated carbocycles. The lowest BCUT2D eigenvalue weighted by molar-refractivity contribution is 0.596. The van der Waals surface area contributed by atoms with Crippen molar-refractivity contribution < 1.29 is 16.8 Å². The van der Waals surface area contributed by atoms with Crippen LogP contribution in [0.5, 0.6) is 0 Å². The Morgan fingerprint density at radius 1 is 0.848 bits per heavy atom. The molecular formula is C21H18Cl2N4O4S2. The minimum absolute atomic E-state index is 0.0151. The van der Waals surface area contributed by atoms with Crippen LogP contribution in [0.4, 0.5) is 0 Å². The zero-order chi connectivity index (χ0) is 24.3. The SMILES string of the molecule is Cc1c(Cl)cccc1-c1nc2c(S(N)(=O)=O)cc(S(N)(=O)=O)cc2n1-c1cccc(Cl)c1C. The highest BCUT2D eigenvalue weighted by molar-refractivity contribution is 7.90. The Labute approximate surface area is 200 Å². The molecule has 0 atom stereocenters. The number of nitrogens with two attached hydrogens (primary N) is 2. The van der Waals surface area contributed by atoms with E-state index in [1.165, 1.54) is 6.07 Å². The number of aromatic nitrogens is 2. The topological polar surface area (TPSA) is 138 Å². The summed E-state index contributed by atoms with van der Waals surface area (Å²) in [5.74, 6) is 0.326. The largest absolute Gasteiger partial charge is 0.292 e. The van der Waals surface area contributed by atoms with Gasteiger partial charge in [0.05, 0.1) is 16.1 Å². The Kier molecular flexibility index (Phi) is 5.80. The lowest BCUT2D eigenvalue weighted by Gasteiger charge is -2.15. The number of nitrogens with zero attached hydrogens (tertiary/aromatic N) is 2. The molecule has 172 valence electrons. The van der Waals surface area contributed by atoms with Crippen LogP contribution in [0, 0.1) is 13.8 Å². The Balaban J connectivity index is 2.30. The quantitative estimate of drug-likeness (QED) is 0.416. The summed E-state index contributed by atoms with van der Waals surface area (Å²) in [7, 11) is -8.64. The van der Waals surface area contributed by atoms with Gasteiger partial charge in [-0.2, -0.15) is 0 Å². The van der Waals surface area contributed by atoms with Gasteiger partial charge in [-0.15, -0.1) is 0 Å². The molecule has 0 radical (unpaired) electrons. The Morgan fingerprint density at radius 3 is 2.06 bits per heavy atom. The van der Waals surface area contributed by atoms with Crippen LogP contribution in [-0.2, 0) is 20.0 Å². The summed E-state index contributed by atoms with van der Waals surface area (Å²) in [4.78, 5) is 3.70. The molecule has 1 heterocycles. The summed E-state index contributed by atoms with van der Waals surface area (Å²) < 4.78 is 50.8. The van der Waals surface area contributed by atoms with E-state index in [0.717, 1.165) is 6.07 Å². The highest BCUT2D eigenvalue weighted by Gasteiger charge is 2.26. The van der Waals surface area contributed by atoms with Gasteiger partial charge in [0.1, 0.15) is 16.2 Å². The van der Waals surface area contributed by atoms with Crippen LogP contribution < -0.4 is 10.3 Å². The van der Waals surface area contributed by atoms with E-state index in [4.69, 9.17) is 33.5 Å². The van der Waals surface area contributed by atoms with E-state index in [2.05, 4.69) is 4.98 Å². The van der Waals surface area contributed by atoms with E-state index >= 15 is 0 Å². The molecule has 0 aliphatic heterocycles.